The summed E-state index contributed by atoms with van der Waals surface area (Å²) in [5.41, 5.74) is 1.96. The van der Waals surface area contributed by atoms with Crippen LogP contribution in [-0.2, 0) is 21.2 Å². The van der Waals surface area contributed by atoms with Gasteiger partial charge in [-0.1, -0.05) is 24.6 Å². The molecule has 1 atom stereocenters. The maximum atomic E-state index is 13.7. The predicted molar refractivity (Wildman–Crippen MR) is 153 cm³/mol. The fraction of sp³-hybridized carbons (Fsp3) is 0.296. The van der Waals surface area contributed by atoms with Gasteiger partial charge in [-0.05, 0) is 54.4 Å². The van der Waals surface area contributed by atoms with E-state index in [9.17, 15) is 26.4 Å². The molecule has 42 heavy (non-hydrogen) atoms. The van der Waals surface area contributed by atoms with Gasteiger partial charge in [0.2, 0.25) is 5.91 Å². The first-order valence-electron chi connectivity index (χ1n) is 12.9. The van der Waals surface area contributed by atoms with Crippen LogP contribution in [0.4, 0.5) is 13.2 Å². The van der Waals surface area contributed by atoms with Crippen molar-refractivity contribution < 1.29 is 26.4 Å². The Morgan fingerprint density at radius 2 is 1.81 bits per heavy atom. The van der Waals surface area contributed by atoms with Crippen LogP contribution in [-0.4, -0.2) is 55.5 Å². The molecule has 0 spiro atoms. The van der Waals surface area contributed by atoms with E-state index >= 15 is 0 Å². The van der Waals surface area contributed by atoms with Crippen molar-refractivity contribution in [1.82, 2.24) is 33.8 Å². The highest BCUT2D eigenvalue weighted by Gasteiger charge is 2.31. The molecule has 1 amide bonds. The van der Waals surface area contributed by atoms with Gasteiger partial charge in [0.15, 0.2) is 17.1 Å². The van der Waals surface area contributed by atoms with Crippen molar-refractivity contribution in [3.05, 3.63) is 64.8 Å². The molecule has 1 unspecified atom stereocenters. The van der Waals surface area contributed by atoms with Crippen molar-refractivity contribution in [3.8, 4) is 11.4 Å². The summed E-state index contributed by atoms with van der Waals surface area (Å²) in [4.78, 5) is 30.8. The molecule has 1 aromatic carbocycles. The lowest BCUT2D eigenvalue weighted by molar-refractivity contribution is -0.140. The third-order valence-corrected chi connectivity index (χ3v) is 8.70. The molecule has 10 nitrogen and oxygen atoms in total. The average Bonchev–Trinajstić information content (AvgIpc) is 3.49. The molecule has 15 heteroatoms. The van der Waals surface area contributed by atoms with Gasteiger partial charge in [0, 0.05) is 34.2 Å². The quantitative estimate of drug-likeness (QED) is 0.238. The zero-order valence-corrected chi connectivity index (χ0v) is 25.0. The maximum absolute atomic E-state index is 13.7. The topological polar surface area (TPSA) is 125 Å². The number of aryl methyl sites for hydroxylation is 2. The Morgan fingerprint density at radius 3 is 2.48 bits per heavy atom. The van der Waals surface area contributed by atoms with E-state index in [-0.39, 0.29) is 22.0 Å². The number of rotatable bonds is 8. The minimum absolute atomic E-state index is 0.0682. The molecule has 0 aliphatic carbocycles. The Kier molecular flexibility index (Phi) is 7.83. The van der Waals surface area contributed by atoms with Crippen LogP contribution in [0.25, 0.3) is 33.6 Å². The van der Waals surface area contributed by atoms with Crippen molar-refractivity contribution in [2.75, 3.05) is 6.54 Å². The van der Waals surface area contributed by atoms with Gasteiger partial charge < -0.3 is 9.88 Å². The van der Waals surface area contributed by atoms with Gasteiger partial charge in [-0.2, -0.15) is 13.2 Å². The lowest BCUT2D eigenvalue weighted by Gasteiger charge is -2.17. The summed E-state index contributed by atoms with van der Waals surface area (Å²) < 4.78 is 68.8. The van der Waals surface area contributed by atoms with Crippen LogP contribution in [0.15, 0.2) is 58.3 Å². The molecule has 0 saturated heterocycles. The number of fused-ring (bicyclic) bond motifs is 2. The third-order valence-electron chi connectivity index (χ3n) is 6.61. The molecule has 0 radical (unpaired) electrons. The summed E-state index contributed by atoms with van der Waals surface area (Å²) in [6.07, 6.45) is 0.830. The van der Waals surface area contributed by atoms with E-state index in [4.69, 9.17) is 0 Å². The highest BCUT2D eigenvalue weighted by Crippen LogP contribution is 2.33. The fourth-order valence-electron chi connectivity index (χ4n) is 4.57. The molecular formula is C27H25BrF3N7O3S. The van der Waals surface area contributed by atoms with Crippen molar-refractivity contribution in [1.29, 1.82) is 0 Å². The van der Waals surface area contributed by atoms with E-state index in [1.165, 1.54) is 42.2 Å². The molecular weight excluding hydrogens is 639 g/mol. The van der Waals surface area contributed by atoms with E-state index in [2.05, 4.69) is 35.9 Å². The maximum Gasteiger partial charge on any atom is 0.405 e. The number of imidazole rings is 1. The molecule has 5 rings (SSSR count). The average molecular weight is 665 g/mol. The first kappa shape index (κ1) is 29.6. The summed E-state index contributed by atoms with van der Waals surface area (Å²) in [6.45, 7) is 3.75. The van der Waals surface area contributed by atoms with E-state index in [0.29, 0.717) is 39.6 Å². The van der Waals surface area contributed by atoms with Crippen molar-refractivity contribution in [2.24, 2.45) is 0 Å². The fourth-order valence-corrected chi connectivity index (χ4v) is 6.22. The van der Waals surface area contributed by atoms with Gasteiger partial charge in [-0.25, -0.2) is 32.3 Å². The minimum Gasteiger partial charge on any atom is -0.345 e. The number of pyridine rings is 1. The smallest absolute Gasteiger partial charge is 0.345 e. The largest absolute Gasteiger partial charge is 0.405 e. The summed E-state index contributed by atoms with van der Waals surface area (Å²) in [5.74, 6) is -0.266. The van der Waals surface area contributed by atoms with Crippen LogP contribution in [0.2, 0.25) is 0 Å². The van der Waals surface area contributed by atoms with Crippen LogP contribution in [0.3, 0.4) is 0 Å². The molecule has 0 aliphatic heterocycles. The predicted octanol–water partition coefficient (Wildman–Crippen LogP) is 5.34. The highest BCUT2D eigenvalue weighted by molar-refractivity contribution is 9.10. The lowest BCUT2D eigenvalue weighted by Crippen LogP contribution is -2.38. The molecule has 220 valence electrons. The number of hydrogen-bond acceptors (Lipinski definition) is 7. The number of benzene rings is 1. The Morgan fingerprint density at radius 1 is 1.10 bits per heavy atom. The molecule has 0 aliphatic rings. The highest BCUT2D eigenvalue weighted by atomic mass is 79.9. The van der Waals surface area contributed by atoms with Gasteiger partial charge in [-0.15, -0.1) is 0 Å². The second-order valence-corrected chi connectivity index (χ2v) is 12.5. The van der Waals surface area contributed by atoms with Gasteiger partial charge in [-0.3, -0.25) is 4.79 Å². The first-order valence-corrected chi connectivity index (χ1v) is 15.1. The van der Waals surface area contributed by atoms with E-state index in [1.807, 2.05) is 19.2 Å². The molecule has 0 saturated carbocycles. The Labute approximate surface area is 247 Å². The Balaban J connectivity index is 1.67. The number of amides is 1. The molecule has 1 N–H and O–H groups in total. The van der Waals surface area contributed by atoms with Gasteiger partial charge in [0.25, 0.3) is 10.0 Å². The van der Waals surface area contributed by atoms with Gasteiger partial charge in [0.1, 0.15) is 23.9 Å². The zero-order chi connectivity index (χ0) is 30.4. The number of carbonyl (C=O) groups excluding carboxylic acids is 1. The van der Waals surface area contributed by atoms with Gasteiger partial charge in [0.05, 0.1) is 11.1 Å². The Hall–Kier alpha value is -3.85. The lowest BCUT2D eigenvalue weighted by atomic mass is 10.2. The van der Waals surface area contributed by atoms with E-state index < -0.39 is 34.7 Å². The zero-order valence-electron chi connectivity index (χ0n) is 22.6. The number of alkyl halides is 3. The van der Waals surface area contributed by atoms with E-state index in [1.54, 1.807) is 18.2 Å². The SMILES string of the molecule is CCCc1nc2cnc(-c3cn(S(=O)(=O)c4ccc(C)cc4)c4ncc(Br)cc34)nc2n1C(C)C(=O)NCC(F)(F)F. The summed E-state index contributed by atoms with van der Waals surface area (Å²) >= 11 is 3.39. The molecule has 4 heterocycles. The molecule has 5 aromatic rings. The molecule has 0 fully saturated rings. The normalized spacial score (nSPS) is 13.1. The summed E-state index contributed by atoms with van der Waals surface area (Å²) in [5, 5.41) is 2.36. The van der Waals surface area contributed by atoms with Crippen LogP contribution < -0.4 is 5.32 Å². The summed E-state index contributed by atoms with van der Waals surface area (Å²) in [7, 11) is -4.06. The second kappa shape index (κ2) is 11.1. The van der Waals surface area contributed by atoms with Crippen molar-refractivity contribution in [3.63, 3.8) is 0 Å². The minimum atomic E-state index is -4.57. The number of carbonyl (C=O) groups is 1. The third kappa shape index (κ3) is 5.62. The monoisotopic (exact) mass is 663 g/mol. The number of aromatic nitrogens is 6. The van der Waals surface area contributed by atoms with Crippen LogP contribution in [0.5, 0.6) is 0 Å². The van der Waals surface area contributed by atoms with Gasteiger partial charge >= 0.3 is 6.18 Å². The van der Waals surface area contributed by atoms with Crippen LogP contribution >= 0.6 is 15.9 Å². The standard InChI is InChI=1S/C27H25BrF3N7O3S/c1-4-5-22-35-21-12-32-23(36-25(21)38(22)16(3)26(39)34-14-27(29,30)31)20-13-37(24-19(20)10-17(28)11-33-24)42(40,41)18-8-6-15(2)7-9-18/h6-13,16H,4-5,14H2,1-3H3,(H,34,39). The van der Waals surface area contributed by atoms with E-state index in [0.717, 1.165) is 9.54 Å². The number of nitrogens with zero attached hydrogens (tertiary/aromatic N) is 6. The van der Waals surface area contributed by atoms with Crippen LogP contribution in [0.1, 0.15) is 37.7 Å². The molecule has 0 bridgehead atoms. The number of hydrogen-bond donors (Lipinski definition) is 1. The Bertz CT molecular complexity index is 1920. The van der Waals surface area contributed by atoms with Crippen LogP contribution in [0, 0.1) is 6.92 Å². The summed E-state index contributed by atoms with van der Waals surface area (Å²) in [6, 6.07) is 7.04. The number of halogens is 4. The van der Waals surface area contributed by atoms with Crippen molar-refractivity contribution in [2.45, 2.75) is 50.7 Å². The van der Waals surface area contributed by atoms with Crippen molar-refractivity contribution >= 4 is 54.1 Å². The number of nitrogens with one attached hydrogen (secondary N) is 1. The second-order valence-electron chi connectivity index (χ2n) is 9.74. The first-order chi connectivity index (χ1) is 19.8. The molecule has 4 aromatic heterocycles.